The van der Waals surface area contributed by atoms with Gasteiger partial charge in [-0.2, -0.15) is 0 Å². The maximum Gasteiger partial charge on any atom is 0.414 e. The molecule has 0 spiro atoms. The molecule has 1 unspecified atom stereocenters. The number of primary amides is 1. The Bertz CT molecular complexity index is 1250. The molecule has 0 saturated carbocycles. The smallest absolute Gasteiger partial charge is 0.414 e. The van der Waals surface area contributed by atoms with Gasteiger partial charge in [-0.15, -0.1) is 0 Å². The van der Waals surface area contributed by atoms with Crippen LogP contribution in [0, 0.1) is 11.6 Å². The zero-order chi connectivity index (χ0) is 32.8. The van der Waals surface area contributed by atoms with Crippen LogP contribution in [0.2, 0.25) is 0 Å². The average Bonchev–Trinajstić information content (AvgIpc) is 3.42. The van der Waals surface area contributed by atoms with Crippen molar-refractivity contribution in [2.24, 2.45) is 5.73 Å². The molecule has 45 heavy (non-hydrogen) atoms. The van der Waals surface area contributed by atoms with E-state index < -0.39 is 17.7 Å². The molecule has 3 saturated heterocycles. The Balaban J connectivity index is 0.000000719. The number of pyridine rings is 1. The number of piperazine rings is 1. The predicted octanol–water partition coefficient (Wildman–Crippen LogP) is 0.523. The number of morpholine rings is 1. The molecule has 14 nitrogen and oxygen atoms in total. The maximum atomic E-state index is 15.1. The van der Waals surface area contributed by atoms with Crippen molar-refractivity contribution >= 4 is 42.1 Å². The van der Waals surface area contributed by atoms with Gasteiger partial charge in [0.2, 0.25) is 12.3 Å². The lowest BCUT2D eigenvalue weighted by Gasteiger charge is -2.36. The Hall–Kier alpha value is -4.57. The number of carbonyl (C=O) groups is 4. The molecule has 1 aromatic heterocycles. The number of aromatic nitrogens is 1. The van der Waals surface area contributed by atoms with Crippen molar-refractivity contribution in [2.45, 2.75) is 12.5 Å². The zero-order valence-electron chi connectivity index (χ0n) is 25.3. The minimum Gasteiger partial charge on any atom is -0.471 e. The molecule has 0 bridgehead atoms. The van der Waals surface area contributed by atoms with Crippen molar-refractivity contribution in [1.82, 2.24) is 15.2 Å². The molecule has 246 valence electrons. The van der Waals surface area contributed by atoms with E-state index in [0.717, 1.165) is 36.6 Å². The first kappa shape index (κ1) is 34.9. The SMILES string of the molecule is CNCC1CN(c2cc(F)c(N3CCN(C(=O)Cc4ccc(N5CCOCC5)nc4)CC3)c(F)c2)C(=O)O1.COC=O.NC=O. The highest BCUT2D eigenvalue weighted by Crippen LogP contribution is 2.31. The van der Waals surface area contributed by atoms with Crippen molar-refractivity contribution in [3.63, 3.8) is 0 Å². The third kappa shape index (κ3) is 9.71. The second kappa shape index (κ2) is 17.7. The molecule has 0 aliphatic carbocycles. The monoisotopic (exact) mass is 635 g/mol. The topological polar surface area (TPSA) is 160 Å². The van der Waals surface area contributed by atoms with Crippen LogP contribution in [0.15, 0.2) is 30.5 Å². The normalized spacial score (nSPS) is 17.8. The van der Waals surface area contributed by atoms with Gasteiger partial charge < -0.3 is 40.0 Å². The fourth-order valence-electron chi connectivity index (χ4n) is 5.04. The molecule has 0 radical (unpaired) electrons. The summed E-state index contributed by atoms with van der Waals surface area (Å²) in [5.74, 6) is -0.690. The van der Waals surface area contributed by atoms with Crippen molar-refractivity contribution in [2.75, 3.05) is 94.4 Å². The van der Waals surface area contributed by atoms with Gasteiger partial charge in [-0.05, 0) is 18.7 Å². The van der Waals surface area contributed by atoms with E-state index in [1.807, 2.05) is 12.1 Å². The molecule has 5 rings (SSSR count). The number of nitrogens with two attached hydrogens (primary N) is 1. The maximum absolute atomic E-state index is 15.1. The van der Waals surface area contributed by atoms with Crippen molar-refractivity contribution in [3.05, 3.63) is 47.7 Å². The number of carbonyl (C=O) groups excluding carboxylic acids is 4. The van der Waals surface area contributed by atoms with Gasteiger partial charge >= 0.3 is 6.09 Å². The summed E-state index contributed by atoms with van der Waals surface area (Å²) < 4.78 is 44.6. The summed E-state index contributed by atoms with van der Waals surface area (Å²) in [6.45, 7) is 5.27. The zero-order valence-corrected chi connectivity index (χ0v) is 25.3. The Morgan fingerprint density at radius 1 is 1.09 bits per heavy atom. The summed E-state index contributed by atoms with van der Waals surface area (Å²) in [6.07, 6.45) is 1.17. The van der Waals surface area contributed by atoms with Gasteiger partial charge in [0, 0.05) is 64.1 Å². The van der Waals surface area contributed by atoms with Gasteiger partial charge in [0.15, 0.2) is 11.6 Å². The van der Waals surface area contributed by atoms with Gasteiger partial charge in [-0.25, -0.2) is 18.6 Å². The third-order valence-corrected chi connectivity index (χ3v) is 7.16. The summed E-state index contributed by atoms with van der Waals surface area (Å²) >= 11 is 0. The van der Waals surface area contributed by atoms with Crippen molar-refractivity contribution < 1.29 is 42.2 Å². The van der Waals surface area contributed by atoms with Gasteiger partial charge in [0.05, 0.1) is 39.0 Å². The van der Waals surface area contributed by atoms with Gasteiger partial charge in [0.1, 0.15) is 17.6 Å². The number of amides is 3. The van der Waals surface area contributed by atoms with Crippen LogP contribution in [-0.4, -0.2) is 121 Å². The van der Waals surface area contributed by atoms with E-state index in [1.54, 1.807) is 23.0 Å². The Morgan fingerprint density at radius 3 is 2.24 bits per heavy atom. The Morgan fingerprint density at radius 2 is 1.71 bits per heavy atom. The van der Waals surface area contributed by atoms with Crippen molar-refractivity contribution in [1.29, 1.82) is 0 Å². The van der Waals surface area contributed by atoms with E-state index in [1.165, 1.54) is 12.0 Å². The van der Waals surface area contributed by atoms with Crippen LogP contribution >= 0.6 is 0 Å². The number of likely N-dealkylation sites (N-methyl/N-ethyl adjacent to an activating group) is 1. The summed E-state index contributed by atoms with van der Waals surface area (Å²) in [7, 11) is 3.05. The molecule has 1 aromatic carbocycles. The number of hydrogen-bond acceptors (Lipinski definition) is 11. The quantitative estimate of drug-likeness (QED) is 0.390. The molecular weight excluding hydrogens is 596 g/mol. The second-order valence-electron chi connectivity index (χ2n) is 10.1. The fraction of sp³-hybridized carbons (Fsp3) is 0.483. The van der Waals surface area contributed by atoms with Crippen LogP contribution in [0.25, 0.3) is 0 Å². The van der Waals surface area contributed by atoms with E-state index in [0.29, 0.717) is 52.4 Å². The first-order valence-corrected chi connectivity index (χ1v) is 14.3. The summed E-state index contributed by atoms with van der Waals surface area (Å²) in [6, 6.07) is 6.15. The largest absolute Gasteiger partial charge is 0.471 e. The van der Waals surface area contributed by atoms with Crippen LogP contribution in [-0.2, 0) is 35.0 Å². The molecule has 3 fully saturated rings. The van der Waals surface area contributed by atoms with Crippen LogP contribution in [0.4, 0.5) is 30.8 Å². The molecule has 3 aliphatic rings. The predicted molar refractivity (Wildman–Crippen MR) is 161 cm³/mol. The number of nitrogens with zero attached hydrogens (tertiary/aromatic N) is 5. The molecule has 3 N–H and O–H groups in total. The summed E-state index contributed by atoms with van der Waals surface area (Å²) in [5.41, 5.74) is 4.96. The number of methoxy groups -OCH3 is 1. The first-order valence-electron chi connectivity index (χ1n) is 14.3. The van der Waals surface area contributed by atoms with Crippen LogP contribution in [0.5, 0.6) is 0 Å². The van der Waals surface area contributed by atoms with Gasteiger partial charge in [-0.3, -0.25) is 19.3 Å². The van der Waals surface area contributed by atoms with E-state index in [4.69, 9.17) is 19.1 Å². The highest BCUT2D eigenvalue weighted by atomic mass is 19.1. The van der Waals surface area contributed by atoms with Gasteiger partial charge in [-0.1, -0.05) is 6.07 Å². The van der Waals surface area contributed by atoms with E-state index in [-0.39, 0.29) is 42.8 Å². The minimum absolute atomic E-state index is 0.0504. The number of anilines is 3. The molecule has 16 heteroatoms. The van der Waals surface area contributed by atoms with Crippen LogP contribution < -0.4 is 25.8 Å². The minimum atomic E-state index is -0.754. The van der Waals surface area contributed by atoms with E-state index in [9.17, 15) is 9.59 Å². The van der Waals surface area contributed by atoms with E-state index in [2.05, 4.69) is 25.7 Å². The lowest BCUT2D eigenvalue weighted by atomic mass is 10.1. The first-order chi connectivity index (χ1) is 21.8. The third-order valence-electron chi connectivity index (χ3n) is 7.16. The van der Waals surface area contributed by atoms with Crippen molar-refractivity contribution in [3.8, 4) is 0 Å². The number of cyclic esters (lactones) is 1. The number of rotatable bonds is 8. The highest BCUT2D eigenvalue weighted by Gasteiger charge is 2.34. The lowest BCUT2D eigenvalue weighted by molar-refractivity contribution is -0.130. The Kier molecular flexibility index (Phi) is 13.7. The standard InChI is InChI=1S/C26H32F2N6O4.C2H4O2.CH3NO/c1-29-16-20-17-34(26(36)38-20)19-13-21(27)25(22(28)14-19)33-6-4-32(5-7-33)24(35)12-18-2-3-23(30-15-18)31-8-10-37-11-9-31;1-4-2-3;2-1-3/h2-3,13-15,20,29H,4-12,16-17H2,1H3;2H,1H3;1H,(H2,2,3). The average molecular weight is 636 g/mol. The number of halogens is 2. The van der Waals surface area contributed by atoms with Crippen LogP contribution in [0.3, 0.4) is 0 Å². The molecule has 3 aliphatic heterocycles. The molecule has 1 atom stereocenters. The fourth-order valence-corrected chi connectivity index (χ4v) is 5.04. The summed E-state index contributed by atoms with van der Waals surface area (Å²) in [4.78, 5) is 53.8. The second-order valence-corrected chi connectivity index (χ2v) is 10.1. The number of nitrogens with one attached hydrogen (secondary N) is 1. The summed E-state index contributed by atoms with van der Waals surface area (Å²) in [5, 5.41) is 2.92. The number of hydrogen-bond donors (Lipinski definition) is 2. The molecule has 2 aromatic rings. The molecule has 3 amide bonds. The Labute approximate surface area is 260 Å². The number of ether oxygens (including phenoxy) is 3. The van der Waals surface area contributed by atoms with E-state index >= 15 is 8.78 Å². The highest BCUT2D eigenvalue weighted by molar-refractivity contribution is 5.90. The molecule has 4 heterocycles. The lowest BCUT2D eigenvalue weighted by Crippen LogP contribution is -2.49. The van der Waals surface area contributed by atoms with Crippen LogP contribution in [0.1, 0.15) is 5.56 Å². The molecular formula is C29H39F2N7O7. The number of benzene rings is 1. The van der Waals surface area contributed by atoms with Gasteiger partial charge in [0.25, 0.3) is 6.47 Å².